The highest BCUT2D eigenvalue weighted by Crippen LogP contribution is 2.16. The Morgan fingerprint density at radius 2 is 2.09 bits per heavy atom. The zero-order valence-corrected chi connectivity index (χ0v) is 12.4. The van der Waals surface area contributed by atoms with Gasteiger partial charge >= 0.3 is 5.69 Å². The fourth-order valence-electron chi connectivity index (χ4n) is 2.24. The maximum absolute atomic E-state index is 13.2. The maximum Gasteiger partial charge on any atom is 0.331 e. The molecule has 2 heterocycles. The second-order valence-electron chi connectivity index (χ2n) is 5.09. The summed E-state index contributed by atoms with van der Waals surface area (Å²) >= 11 is 0. The van der Waals surface area contributed by atoms with E-state index in [0.29, 0.717) is 11.1 Å². The highest BCUT2D eigenvalue weighted by atomic mass is 19.1. The van der Waals surface area contributed by atoms with E-state index in [1.165, 1.54) is 38.4 Å². The summed E-state index contributed by atoms with van der Waals surface area (Å²) in [6.07, 6.45) is 1.18. The Bertz CT molecular complexity index is 1050. The third-order valence-electron chi connectivity index (χ3n) is 3.43. The molecule has 1 aromatic carbocycles. The van der Waals surface area contributed by atoms with Crippen molar-refractivity contribution in [2.45, 2.75) is 13.5 Å². The van der Waals surface area contributed by atoms with Crippen molar-refractivity contribution in [3.8, 4) is 0 Å². The van der Waals surface area contributed by atoms with Gasteiger partial charge in [0, 0.05) is 19.3 Å². The van der Waals surface area contributed by atoms with Gasteiger partial charge in [-0.3, -0.25) is 18.7 Å². The van der Waals surface area contributed by atoms with E-state index in [1.807, 2.05) is 0 Å². The summed E-state index contributed by atoms with van der Waals surface area (Å²) in [4.78, 5) is 39.6. The summed E-state index contributed by atoms with van der Waals surface area (Å²) in [5.74, 6) is -0.727. The molecule has 0 spiro atoms. The first kappa shape index (κ1) is 14.9. The Labute approximate surface area is 128 Å². The number of benzene rings is 1. The van der Waals surface area contributed by atoms with E-state index < -0.39 is 22.8 Å². The molecule has 0 saturated heterocycles. The van der Waals surface area contributed by atoms with E-state index in [9.17, 15) is 18.8 Å². The van der Waals surface area contributed by atoms with E-state index in [1.54, 1.807) is 0 Å². The molecular weight excluding hydrogens is 305 g/mol. The van der Waals surface area contributed by atoms with Crippen LogP contribution in [0.15, 0.2) is 38.4 Å². The van der Waals surface area contributed by atoms with Gasteiger partial charge in [-0.15, -0.1) is 0 Å². The molecule has 0 amide bonds. The molecule has 3 aromatic rings. The van der Waals surface area contributed by atoms with Crippen LogP contribution in [0.5, 0.6) is 0 Å². The van der Waals surface area contributed by atoms with Gasteiger partial charge in [0.2, 0.25) is 5.89 Å². The molecule has 0 unspecified atom stereocenters. The number of aromatic nitrogens is 3. The molecule has 0 aliphatic heterocycles. The van der Waals surface area contributed by atoms with Crippen LogP contribution in [0.3, 0.4) is 0 Å². The second kappa shape index (κ2) is 5.31. The number of hydrogen-bond acceptors (Lipinski definition) is 5. The van der Waals surface area contributed by atoms with Gasteiger partial charge in [-0.05, 0) is 19.1 Å². The molecule has 0 aliphatic carbocycles. The Balaban J connectivity index is 2.09. The van der Waals surface area contributed by atoms with Crippen molar-refractivity contribution in [2.75, 3.05) is 0 Å². The fraction of sp³-hybridized carbons (Fsp3) is 0.200. The number of halogens is 1. The first-order valence-corrected chi connectivity index (χ1v) is 6.73. The van der Waals surface area contributed by atoms with Crippen molar-refractivity contribution in [1.29, 1.82) is 0 Å². The predicted octanol–water partition coefficient (Wildman–Crippen LogP) is 1.08. The summed E-state index contributed by atoms with van der Waals surface area (Å²) in [7, 11) is 1.29. The lowest BCUT2D eigenvalue weighted by molar-refractivity contribution is 0.101. The standard InChI is InChI=1S/C15H12FN3O4/c1-8(20)10-6-19(15(22)18(2)14(10)21)7-13-17-11-5-9(16)3-4-12(11)23-13/h3-6H,7H2,1-2H3. The highest BCUT2D eigenvalue weighted by Gasteiger charge is 2.14. The molecule has 0 N–H and O–H groups in total. The van der Waals surface area contributed by atoms with Gasteiger partial charge in [0.05, 0.1) is 5.56 Å². The van der Waals surface area contributed by atoms with Crippen molar-refractivity contribution in [1.82, 2.24) is 14.1 Å². The minimum absolute atomic E-state index is 0.0798. The van der Waals surface area contributed by atoms with Crippen LogP contribution in [0.4, 0.5) is 4.39 Å². The number of carbonyl (C=O) groups is 1. The van der Waals surface area contributed by atoms with Crippen molar-refractivity contribution in [2.24, 2.45) is 7.05 Å². The minimum atomic E-state index is -0.654. The molecule has 118 valence electrons. The molecule has 0 aliphatic rings. The van der Waals surface area contributed by atoms with Gasteiger partial charge in [0.15, 0.2) is 11.4 Å². The lowest BCUT2D eigenvalue weighted by Crippen LogP contribution is -2.40. The van der Waals surface area contributed by atoms with Crippen molar-refractivity contribution in [3.05, 3.63) is 62.5 Å². The summed E-state index contributed by atoms with van der Waals surface area (Å²) in [5.41, 5.74) is -0.656. The average Bonchev–Trinajstić information content (AvgIpc) is 2.88. The fourth-order valence-corrected chi connectivity index (χ4v) is 2.24. The van der Waals surface area contributed by atoms with Gasteiger partial charge in [-0.1, -0.05) is 0 Å². The number of rotatable bonds is 3. The molecule has 3 rings (SSSR count). The minimum Gasteiger partial charge on any atom is -0.439 e. The number of ketones is 1. The van der Waals surface area contributed by atoms with E-state index in [4.69, 9.17) is 4.42 Å². The number of hydrogen-bond donors (Lipinski definition) is 0. The van der Waals surface area contributed by atoms with Crippen LogP contribution in [0, 0.1) is 5.82 Å². The normalized spacial score (nSPS) is 11.1. The molecule has 0 atom stereocenters. The Morgan fingerprint density at radius 1 is 1.35 bits per heavy atom. The van der Waals surface area contributed by atoms with Crippen molar-refractivity contribution in [3.63, 3.8) is 0 Å². The maximum atomic E-state index is 13.2. The first-order valence-electron chi connectivity index (χ1n) is 6.73. The predicted molar refractivity (Wildman–Crippen MR) is 79.0 cm³/mol. The van der Waals surface area contributed by atoms with Crippen LogP contribution in [0.1, 0.15) is 23.2 Å². The molecule has 2 aromatic heterocycles. The quantitative estimate of drug-likeness (QED) is 0.675. The van der Waals surface area contributed by atoms with E-state index in [0.717, 1.165) is 9.13 Å². The Kier molecular flexibility index (Phi) is 3.44. The number of nitrogens with zero attached hydrogens (tertiary/aromatic N) is 3. The second-order valence-corrected chi connectivity index (χ2v) is 5.09. The SMILES string of the molecule is CC(=O)c1cn(Cc2nc3cc(F)ccc3o2)c(=O)n(C)c1=O. The summed E-state index contributed by atoms with van der Waals surface area (Å²) in [6, 6.07) is 3.89. The van der Waals surface area contributed by atoms with Gasteiger partial charge in [0.1, 0.15) is 17.9 Å². The summed E-state index contributed by atoms with van der Waals surface area (Å²) < 4.78 is 20.6. The Morgan fingerprint density at radius 3 is 2.78 bits per heavy atom. The van der Waals surface area contributed by atoms with Gasteiger partial charge in [0.25, 0.3) is 5.56 Å². The van der Waals surface area contributed by atoms with E-state index in [2.05, 4.69) is 4.98 Å². The molecule has 0 radical (unpaired) electrons. The smallest absolute Gasteiger partial charge is 0.331 e. The number of carbonyl (C=O) groups excluding carboxylic acids is 1. The van der Waals surface area contributed by atoms with Gasteiger partial charge < -0.3 is 4.42 Å². The third kappa shape index (κ3) is 2.59. The van der Waals surface area contributed by atoms with Gasteiger partial charge in [-0.2, -0.15) is 0 Å². The largest absolute Gasteiger partial charge is 0.439 e. The summed E-state index contributed by atoms with van der Waals surface area (Å²) in [6.45, 7) is 1.16. The van der Waals surface area contributed by atoms with E-state index >= 15 is 0 Å². The van der Waals surface area contributed by atoms with Gasteiger partial charge in [-0.25, -0.2) is 14.2 Å². The first-order chi connectivity index (χ1) is 10.9. The number of fused-ring (bicyclic) bond motifs is 1. The zero-order valence-electron chi connectivity index (χ0n) is 12.4. The monoisotopic (exact) mass is 317 g/mol. The number of Topliss-reactive ketones (excluding diaryl/α,β-unsaturated/α-hetero) is 1. The van der Waals surface area contributed by atoms with Crippen molar-refractivity contribution < 1.29 is 13.6 Å². The third-order valence-corrected chi connectivity index (χ3v) is 3.43. The Hall–Kier alpha value is -3.03. The molecule has 8 heteroatoms. The van der Waals surface area contributed by atoms with Crippen LogP contribution in [0.2, 0.25) is 0 Å². The molecule has 0 bridgehead atoms. The van der Waals surface area contributed by atoms with Crippen LogP contribution >= 0.6 is 0 Å². The van der Waals surface area contributed by atoms with E-state index in [-0.39, 0.29) is 18.0 Å². The molecule has 23 heavy (non-hydrogen) atoms. The molecule has 7 nitrogen and oxygen atoms in total. The van der Waals surface area contributed by atoms with Crippen LogP contribution in [-0.4, -0.2) is 19.9 Å². The van der Waals surface area contributed by atoms with Crippen LogP contribution < -0.4 is 11.2 Å². The molecule has 0 fully saturated rings. The molecule has 0 saturated carbocycles. The summed E-state index contributed by atoms with van der Waals surface area (Å²) in [5, 5.41) is 0. The lowest BCUT2D eigenvalue weighted by atomic mass is 10.2. The number of oxazole rings is 1. The van der Waals surface area contributed by atoms with Crippen LogP contribution in [-0.2, 0) is 13.6 Å². The van der Waals surface area contributed by atoms with Crippen LogP contribution in [0.25, 0.3) is 11.1 Å². The van der Waals surface area contributed by atoms with Crippen molar-refractivity contribution >= 4 is 16.9 Å². The molecular formula is C15H12FN3O4. The highest BCUT2D eigenvalue weighted by molar-refractivity contribution is 5.93. The lowest BCUT2D eigenvalue weighted by Gasteiger charge is -2.07. The topological polar surface area (TPSA) is 87.1 Å². The average molecular weight is 317 g/mol. The zero-order chi connectivity index (χ0) is 16.7.